The maximum absolute atomic E-state index is 11.5. The number of carbonyl (C=O) groups excluding carboxylic acids is 1. The van der Waals surface area contributed by atoms with Gasteiger partial charge in [-0.3, -0.25) is 9.79 Å². The van der Waals surface area contributed by atoms with Crippen molar-refractivity contribution in [2.24, 2.45) is 10.9 Å². The number of carbonyl (C=O) groups is 1. The lowest BCUT2D eigenvalue weighted by Crippen LogP contribution is -2.46. The predicted molar refractivity (Wildman–Crippen MR) is 120 cm³/mol. The number of nitrogens with one attached hydrogen (secondary N) is 2. The number of aliphatic imine (C=N–C) groups is 1. The maximum Gasteiger partial charge on any atom is 0.220 e. The minimum absolute atomic E-state index is 0. The number of nitrogens with zero attached hydrogens (tertiary/aromatic N) is 2. The van der Waals surface area contributed by atoms with Crippen molar-refractivity contribution < 1.29 is 4.79 Å². The normalized spacial score (nSPS) is 15.3. The van der Waals surface area contributed by atoms with E-state index in [1.165, 1.54) is 5.56 Å². The van der Waals surface area contributed by atoms with Crippen molar-refractivity contribution in [2.75, 3.05) is 33.2 Å². The van der Waals surface area contributed by atoms with E-state index in [0.717, 1.165) is 56.4 Å². The van der Waals surface area contributed by atoms with Gasteiger partial charge in [-0.1, -0.05) is 23.7 Å². The molecule has 1 aromatic rings. The summed E-state index contributed by atoms with van der Waals surface area (Å²) in [4.78, 5) is 18.6. The SMILES string of the molecule is CCNC(=NCCc1cccc(Cl)c1)N1CCC(CC(=O)NC)CC1.I. The summed E-state index contributed by atoms with van der Waals surface area (Å²) in [5.41, 5.74) is 1.20. The summed E-state index contributed by atoms with van der Waals surface area (Å²) >= 11 is 6.03. The molecule has 1 aliphatic heterocycles. The number of likely N-dealkylation sites (tertiary alicyclic amines) is 1. The van der Waals surface area contributed by atoms with E-state index in [2.05, 4.69) is 28.5 Å². The highest BCUT2D eigenvalue weighted by Crippen LogP contribution is 2.20. The van der Waals surface area contributed by atoms with E-state index in [0.29, 0.717) is 12.3 Å². The van der Waals surface area contributed by atoms with Crippen molar-refractivity contribution in [1.82, 2.24) is 15.5 Å². The maximum atomic E-state index is 11.5. The highest BCUT2D eigenvalue weighted by molar-refractivity contribution is 14.0. The number of piperidine rings is 1. The van der Waals surface area contributed by atoms with E-state index in [-0.39, 0.29) is 29.9 Å². The minimum atomic E-state index is 0. The second-order valence-electron chi connectivity index (χ2n) is 6.42. The smallest absolute Gasteiger partial charge is 0.220 e. The molecule has 0 aromatic heterocycles. The van der Waals surface area contributed by atoms with Crippen LogP contribution in [-0.2, 0) is 11.2 Å². The first-order chi connectivity index (χ1) is 12.1. The molecule has 1 saturated heterocycles. The lowest BCUT2D eigenvalue weighted by Gasteiger charge is -2.34. The van der Waals surface area contributed by atoms with Gasteiger partial charge in [0.2, 0.25) is 5.91 Å². The molecule has 0 spiro atoms. The Kier molecular flexibility index (Phi) is 11.0. The molecule has 0 saturated carbocycles. The van der Waals surface area contributed by atoms with E-state index >= 15 is 0 Å². The van der Waals surface area contributed by atoms with Crippen LogP contribution in [0.15, 0.2) is 29.3 Å². The molecule has 0 radical (unpaired) electrons. The number of benzene rings is 1. The van der Waals surface area contributed by atoms with E-state index in [4.69, 9.17) is 16.6 Å². The third-order valence-corrected chi connectivity index (χ3v) is 4.79. The topological polar surface area (TPSA) is 56.7 Å². The molecule has 2 rings (SSSR count). The molecular weight excluding hydrogens is 463 g/mol. The van der Waals surface area contributed by atoms with E-state index in [1.807, 2.05) is 18.2 Å². The van der Waals surface area contributed by atoms with Crippen molar-refractivity contribution in [2.45, 2.75) is 32.6 Å². The lowest BCUT2D eigenvalue weighted by atomic mass is 9.93. The van der Waals surface area contributed by atoms with Gasteiger partial charge in [0.05, 0.1) is 0 Å². The molecule has 5 nitrogen and oxygen atoms in total. The number of hydrogen-bond acceptors (Lipinski definition) is 2. The van der Waals surface area contributed by atoms with Gasteiger partial charge in [-0.05, 0) is 49.8 Å². The quantitative estimate of drug-likeness (QED) is 0.364. The molecule has 1 aromatic carbocycles. The van der Waals surface area contributed by atoms with Crippen molar-refractivity contribution in [1.29, 1.82) is 0 Å². The standard InChI is InChI=1S/C19H29ClN4O.HI/c1-3-22-19(23-10-7-15-5-4-6-17(20)13-15)24-11-8-16(9-12-24)14-18(25)21-2;/h4-6,13,16H,3,7-12,14H2,1-2H3,(H,21,25)(H,22,23);1H. The first-order valence-corrected chi connectivity index (χ1v) is 9.48. The van der Waals surface area contributed by atoms with Crippen LogP contribution in [0, 0.1) is 5.92 Å². The number of rotatable bonds is 6. The van der Waals surface area contributed by atoms with Gasteiger partial charge in [-0.15, -0.1) is 24.0 Å². The molecule has 0 aliphatic carbocycles. The van der Waals surface area contributed by atoms with Crippen LogP contribution in [0.4, 0.5) is 0 Å². The van der Waals surface area contributed by atoms with Gasteiger partial charge in [-0.25, -0.2) is 0 Å². The average molecular weight is 493 g/mol. The Morgan fingerprint density at radius 2 is 2.08 bits per heavy atom. The second-order valence-corrected chi connectivity index (χ2v) is 6.86. The van der Waals surface area contributed by atoms with Gasteiger partial charge in [0, 0.05) is 44.7 Å². The first kappa shape index (κ1) is 23.0. The number of amides is 1. The molecule has 2 N–H and O–H groups in total. The summed E-state index contributed by atoms with van der Waals surface area (Å²) in [6.45, 7) is 5.58. The highest BCUT2D eigenvalue weighted by Gasteiger charge is 2.22. The summed E-state index contributed by atoms with van der Waals surface area (Å²) in [5.74, 6) is 1.59. The summed E-state index contributed by atoms with van der Waals surface area (Å²) in [7, 11) is 1.70. The van der Waals surface area contributed by atoms with Crippen LogP contribution < -0.4 is 10.6 Å². The van der Waals surface area contributed by atoms with Crippen LogP contribution in [0.25, 0.3) is 0 Å². The van der Waals surface area contributed by atoms with Crippen molar-refractivity contribution in [3.05, 3.63) is 34.9 Å². The fourth-order valence-corrected chi connectivity index (χ4v) is 3.34. The lowest BCUT2D eigenvalue weighted by molar-refractivity contribution is -0.121. The molecule has 1 aliphatic rings. The average Bonchev–Trinajstić information content (AvgIpc) is 2.62. The minimum Gasteiger partial charge on any atom is -0.359 e. The summed E-state index contributed by atoms with van der Waals surface area (Å²) < 4.78 is 0. The molecule has 0 bridgehead atoms. The number of halogens is 2. The molecule has 1 heterocycles. The number of guanidine groups is 1. The molecule has 1 fully saturated rings. The third kappa shape index (κ3) is 7.70. The van der Waals surface area contributed by atoms with Crippen LogP contribution in [0.5, 0.6) is 0 Å². The summed E-state index contributed by atoms with van der Waals surface area (Å²) in [6.07, 6.45) is 3.58. The Balaban J connectivity index is 0.00000338. The predicted octanol–water partition coefficient (Wildman–Crippen LogP) is 3.31. The Morgan fingerprint density at radius 3 is 2.69 bits per heavy atom. The molecule has 7 heteroatoms. The summed E-state index contributed by atoms with van der Waals surface area (Å²) in [6, 6.07) is 7.94. The van der Waals surface area contributed by atoms with Gasteiger partial charge in [0.1, 0.15) is 0 Å². The van der Waals surface area contributed by atoms with Gasteiger partial charge in [0.15, 0.2) is 5.96 Å². The Bertz CT molecular complexity index is 589. The molecule has 1 amide bonds. The second kappa shape index (κ2) is 12.4. The highest BCUT2D eigenvalue weighted by atomic mass is 127. The van der Waals surface area contributed by atoms with Gasteiger partial charge in [0.25, 0.3) is 0 Å². The van der Waals surface area contributed by atoms with E-state index < -0.39 is 0 Å². The van der Waals surface area contributed by atoms with E-state index in [9.17, 15) is 4.79 Å². The number of hydrogen-bond donors (Lipinski definition) is 2. The monoisotopic (exact) mass is 492 g/mol. The largest absolute Gasteiger partial charge is 0.359 e. The zero-order valence-corrected chi connectivity index (χ0v) is 18.7. The van der Waals surface area contributed by atoms with Crippen LogP contribution in [0.1, 0.15) is 31.7 Å². The zero-order chi connectivity index (χ0) is 18.1. The molecular formula is C19H30ClIN4O. The molecule has 0 atom stereocenters. The fourth-order valence-electron chi connectivity index (χ4n) is 3.12. The fraction of sp³-hybridized carbons (Fsp3) is 0.579. The van der Waals surface area contributed by atoms with Crippen LogP contribution >= 0.6 is 35.6 Å². The van der Waals surface area contributed by atoms with Crippen LogP contribution in [0.3, 0.4) is 0 Å². The van der Waals surface area contributed by atoms with Gasteiger partial charge in [-0.2, -0.15) is 0 Å². The van der Waals surface area contributed by atoms with Gasteiger partial charge < -0.3 is 15.5 Å². The van der Waals surface area contributed by atoms with Crippen molar-refractivity contribution in [3.8, 4) is 0 Å². The van der Waals surface area contributed by atoms with Crippen LogP contribution in [0.2, 0.25) is 5.02 Å². The van der Waals surface area contributed by atoms with Crippen molar-refractivity contribution >= 4 is 47.4 Å². The summed E-state index contributed by atoms with van der Waals surface area (Å²) in [5, 5.41) is 6.87. The molecule has 26 heavy (non-hydrogen) atoms. The third-order valence-electron chi connectivity index (χ3n) is 4.55. The Labute approximate surface area is 179 Å². The van der Waals surface area contributed by atoms with Crippen LogP contribution in [-0.4, -0.2) is 50.0 Å². The van der Waals surface area contributed by atoms with Crippen molar-refractivity contribution in [3.63, 3.8) is 0 Å². The Morgan fingerprint density at radius 1 is 1.35 bits per heavy atom. The van der Waals surface area contributed by atoms with Gasteiger partial charge >= 0.3 is 0 Å². The Hall–Kier alpha value is -1.02. The zero-order valence-electron chi connectivity index (χ0n) is 15.6. The molecule has 146 valence electrons. The van der Waals surface area contributed by atoms with E-state index in [1.54, 1.807) is 7.05 Å². The molecule has 0 unspecified atom stereocenters. The first-order valence-electron chi connectivity index (χ1n) is 9.10.